The minimum atomic E-state index is -0.0706. The zero-order chi connectivity index (χ0) is 13.1. The Morgan fingerprint density at radius 1 is 1.28 bits per heavy atom. The first-order valence-corrected chi connectivity index (χ1v) is 8.31. The second-order valence-electron chi connectivity index (χ2n) is 4.25. The van der Waals surface area contributed by atoms with E-state index in [1.54, 1.807) is 11.3 Å². The molecule has 18 heavy (non-hydrogen) atoms. The maximum Gasteiger partial charge on any atom is 0.0761 e. The molecule has 1 unspecified atom stereocenters. The summed E-state index contributed by atoms with van der Waals surface area (Å²) in [7, 11) is 0. The third-order valence-corrected chi connectivity index (χ3v) is 5.25. The van der Waals surface area contributed by atoms with Gasteiger partial charge in [0.15, 0.2) is 0 Å². The topological polar surface area (TPSA) is 26.0 Å². The summed E-state index contributed by atoms with van der Waals surface area (Å²) >= 11 is 8.73. The van der Waals surface area contributed by atoms with Crippen LogP contribution in [0.1, 0.15) is 36.1 Å². The maximum atomic E-state index is 6.35. The van der Waals surface area contributed by atoms with Crippen LogP contribution in [0.5, 0.6) is 0 Å². The Labute approximate surface area is 129 Å². The first-order valence-electron chi connectivity index (χ1n) is 5.91. The highest BCUT2D eigenvalue weighted by Crippen LogP contribution is 2.36. The van der Waals surface area contributed by atoms with E-state index in [9.17, 15) is 0 Å². The van der Waals surface area contributed by atoms with Gasteiger partial charge in [0.25, 0.3) is 0 Å². The van der Waals surface area contributed by atoms with Crippen LogP contribution in [0.3, 0.4) is 0 Å². The lowest BCUT2D eigenvalue weighted by molar-refractivity contribution is 0.859. The van der Waals surface area contributed by atoms with Crippen molar-refractivity contribution in [3.8, 4) is 0 Å². The van der Waals surface area contributed by atoms with Crippen LogP contribution in [0, 0.1) is 0 Å². The van der Waals surface area contributed by atoms with E-state index >= 15 is 0 Å². The van der Waals surface area contributed by atoms with Crippen LogP contribution in [0.2, 0.25) is 0 Å². The Morgan fingerprint density at radius 2 is 2.06 bits per heavy atom. The third-order valence-electron chi connectivity index (χ3n) is 2.87. The van der Waals surface area contributed by atoms with Gasteiger partial charge in [-0.1, -0.05) is 37.6 Å². The summed E-state index contributed by atoms with van der Waals surface area (Å²) in [6.45, 7) is 2.19. The second-order valence-corrected chi connectivity index (χ2v) is 8.00. The molecular formula is C14H15Br2NS. The maximum absolute atomic E-state index is 6.35. The predicted octanol–water partition coefficient (Wildman–Crippen LogP) is 5.27. The molecule has 2 N–H and O–H groups in total. The van der Waals surface area contributed by atoms with Gasteiger partial charge in [-0.3, -0.25) is 0 Å². The van der Waals surface area contributed by atoms with E-state index < -0.39 is 0 Å². The van der Waals surface area contributed by atoms with E-state index in [0.29, 0.717) is 0 Å². The lowest BCUT2D eigenvalue weighted by atomic mass is 9.99. The summed E-state index contributed by atoms with van der Waals surface area (Å²) in [6.07, 6.45) is 2.27. The molecule has 0 amide bonds. The molecule has 2 aromatic rings. The molecule has 0 saturated carbocycles. The van der Waals surface area contributed by atoms with E-state index in [1.165, 1.54) is 11.1 Å². The highest BCUT2D eigenvalue weighted by atomic mass is 79.9. The van der Waals surface area contributed by atoms with Crippen molar-refractivity contribution in [3.05, 3.63) is 54.6 Å². The molecule has 1 aromatic carbocycles. The fourth-order valence-corrected chi connectivity index (χ4v) is 4.90. The average Bonchev–Trinajstić information content (AvgIpc) is 2.68. The Morgan fingerprint density at radius 3 is 2.67 bits per heavy atom. The highest BCUT2D eigenvalue weighted by molar-refractivity contribution is 9.12. The molecule has 0 aliphatic heterocycles. The largest absolute Gasteiger partial charge is 0.320 e. The van der Waals surface area contributed by atoms with E-state index in [-0.39, 0.29) is 6.04 Å². The number of rotatable bonds is 4. The number of halogens is 2. The highest BCUT2D eigenvalue weighted by Gasteiger charge is 2.15. The molecule has 0 bridgehead atoms. The zero-order valence-corrected chi connectivity index (χ0v) is 14.1. The first-order chi connectivity index (χ1) is 8.61. The predicted molar refractivity (Wildman–Crippen MR) is 86.2 cm³/mol. The van der Waals surface area contributed by atoms with E-state index in [2.05, 4.69) is 69.1 Å². The standard InChI is InChI=1S/C14H15Br2NS/c1-2-4-9-5-3-6-10(7-9)13(17)11-8-12(15)18-14(11)16/h3,5-8,13H,2,4,17H2,1H3. The van der Waals surface area contributed by atoms with E-state index in [0.717, 1.165) is 26.0 Å². The Hall–Kier alpha value is -0.160. The molecule has 0 saturated heterocycles. The summed E-state index contributed by atoms with van der Waals surface area (Å²) in [5, 5.41) is 0. The fourth-order valence-electron chi connectivity index (χ4n) is 1.98. The normalized spacial score (nSPS) is 12.7. The zero-order valence-electron chi connectivity index (χ0n) is 10.1. The molecule has 0 fully saturated rings. The van der Waals surface area contributed by atoms with Crippen LogP contribution in [0.15, 0.2) is 37.9 Å². The molecule has 0 radical (unpaired) electrons. The lowest BCUT2D eigenvalue weighted by Crippen LogP contribution is -2.11. The van der Waals surface area contributed by atoms with Crippen molar-refractivity contribution in [1.82, 2.24) is 0 Å². The number of hydrogen-bond donors (Lipinski definition) is 1. The molecule has 1 aromatic heterocycles. The monoisotopic (exact) mass is 387 g/mol. The van der Waals surface area contributed by atoms with Crippen LogP contribution in [-0.4, -0.2) is 0 Å². The Kier molecular flexibility index (Phi) is 5.01. The van der Waals surface area contributed by atoms with E-state index in [4.69, 9.17) is 5.73 Å². The van der Waals surface area contributed by atoms with Gasteiger partial charge in [0.05, 0.1) is 13.6 Å². The fraction of sp³-hybridized carbons (Fsp3) is 0.286. The number of aryl methyl sites for hydroxylation is 1. The smallest absolute Gasteiger partial charge is 0.0761 e. The van der Waals surface area contributed by atoms with Gasteiger partial charge in [0.2, 0.25) is 0 Å². The minimum absolute atomic E-state index is 0.0706. The first kappa shape index (κ1) is 14.3. The van der Waals surface area contributed by atoms with Gasteiger partial charge in [-0.2, -0.15) is 0 Å². The molecular weight excluding hydrogens is 374 g/mol. The van der Waals surface area contributed by atoms with Crippen molar-refractivity contribution in [2.45, 2.75) is 25.8 Å². The van der Waals surface area contributed by atoms with Crippen molar-refractivity contribution in [1.29, 1.82) is 0 Å². The third kappa shape index (κ3) is 3.23. The van der Waals surface area contributed by atoms with Crippen molar-refractivity contribution in [2.75, 3.05) is 0 Å². The van der Waals surface area contributed by atoms with Gasteiger partial charge in [0.1, 0.15) is 0 Å². The molecule has 1 atom stereocenters. The van der Waals surface area contributed by atoms with Crippen LogP contribution in [-0.2, 0) is 6.42 Å². The van der Waals surface area contributed by atoms with Crippen LogP contribution in [0.4, 0.5) is 0 Å². The molecule has 96 valence electrons. The van der Waals surface area contributed by atoms with Crippen molar-refractivity contribution in [3.63, 3.8) is 0 Å². The van der Waals surface area contributed by atoms with E-state index in [1.807, 2.05) is 0 Å². The summed E-state index contributed by atoms with van der Waals surface area (Å²) in [4.78, 5) is 0. The van der Waals surface area contributed by atoms with Gasteiger partial charge in [-0.15, -0.1) is 11.3 Å². The van der Waals surface area contributed by atoms with Crippen LogP contribution in [0.25, 0.3) is 0 Å². The minimum Gasteiger partial charge on any atom is -0.320 e. The molecule has 4 heteroatoms. The number of thiophene rings is 1. The Balaban J connectivity index is 2.30. The molecule has 1 nitrogen and oxygen atoms in total. The molecule has 0 aliphatic carbocycles. The van der Waals surface area contributed by atoms with Gasteiger partial charge in [-0.05, 0) is 61.0 Å². The van der Waals surface area contributed by atoms with Crippen molar-refractivity contribution >= 4 is 43.2 Å². The average molecular weight is 389 g/mol. The molecule has 0 spiro atoms. The van der Waals surface area contributed by atoms with Gasteiger partial charge >= 0.3 is 0 Å². The van der Waals surface area contributed by atoms with Crippen LogP contribution < -0.4 is 5.73 Å². The van der Waals surface area contributed by atoms with Gasteiger partial charge < -0.3 is 5.73 Å². The summed E-state index contributed by atoms with van der Waals surface area (Å²) in [5.41, 5.74) is 10.0. The summed E-state index contributed by atoms with van der Waals surface area (Å²) in [6, 6.07) is 10.6. The van der Waals surface area contributed by atoms with Gasteiger partial charge in [0, 0.05) is 0 Å². The number of hydrogen-bond acceptors (Lipinski definition) is 2. The summed E-state index contributed by atoms with van der Waals surface area (Å²) < 4.78 is 2.20. The quantitative estimate of drug-likeness (QED) is 0.757. The van der Waals surface area contributed by atoms with Crippen molar-refractivity contribution < 1.29 is 0 Å². The van der Waals surface area contributed by atoms with Crippen molar-refractivity contribution in [2.24, 2.45) is 5.73 Å². The van der Waals surface area contributed by atoms with Gasteiger partial charge in [-0.25, -0.2) is 0 Å². The molecule has 2 rings (SSSR count). The lowest BCUT2D eigenvalue weighted by Gasteiger charge is -2.12. The summed E-state index contributed by atoms with van der Waals surface area (Å²) in [5.74, 6) is 0. The molecule has 1 heterocycles. The SMILES string of the molecule is CCCc1cccc(C(N)c2cc(Br)sc2Br)c1. The Bertz CT molecular complexity index is 536. The number of nitrogens with two attached hydrogens (primary N) is 1. The van der Waals surface area contributed by atoms with Crippen LogP contribution >= 0.6 is 43.2 Å². The molecule has 0 aliphatic rings. The number of benzene rings is 1. The second kappa shape index (κ2) is 6.33.